The van der Waals surface area contributed by atoms with E-state index in [0.717, 1.165) is 17.3 Å². The molecule has 0 aromatic heterocycles. The van der Waals surface area contributed by atoms with E-state index in [1.54, 1.807) is 30.3 Å². The summed E-state index contributed by atoms with van der Waals surface area (Å²) in [6, 6.07) is 16.5. The van der Waals surface area contributed by atoms with Gasteiger partial charge in [-0.1, -0.05) is 84.0 Å². The molecule has 0 bridgehead atoms. The number of hydrogen-bond acceptors (Lipinski definition) is 4. The number of imide groups is 1. The van der Waals surface area contributed by atoms with Crippen LogP contribution in [0.3, 0.4) is 0 Å². The molecule has 0 saturated carbocycles. The molecule has 0 spiro atoms. The normalized spacial score (nSPS) is 12.9. The lowest BCUT2D eigenvalue weighted by Crippen LogP contribution is -2.22. The minimum Gasteiger partial charge on any atom is -0.348 e. The lowest BCUT2D eigenvalue weighted by Gasteiger charge is -2.06. The van der Waals surface area contributed by atoms with E-state index in [-0.39, 0.29) is 11.1 Å². The summed E-state index contributed by atoms with van der Waals surface area (Å²) >= 11 is 0.851. The third-order valence-corrected chi connectivity index (χ3v) is 4.20. The van der Waals surface area contributed by atoms with Crippen LogP contribution in [0.15, 0.2) is 59.5 Å². The lowest BCUT2D eigenvalue weighted by atomic mass is 10.1. The number of carbonyl (C=O) groups excluding carboxylic acids is 3. The van der Waals surface area contributed by atoms with Crippen LogP contribution in [0.2, 0.25) is 0 Å². The zero-order valence-corrected chi connectivity index (χ0v) is 19.4. The molecule has 2 aromatic rings. The van der Waals surface area contributed by atoms with Gasteiger partial charge in [0.25, 0.3) is 17.1 Å². The Hall–Kier alpha value is -2.86. The minimum absolute atomic E-state index is 0.196. The Balaban J connectivity index is 0.00000129. The molecule has 1 aliphatic heterocycles. The second kappa shape index (κ2) is 16.0. The van der Waals surface area contributed by atoms with Gasteiger partial charge in [0.15, 0.2) is 0 Å². The predicted molar refractivity (Wildman–Crippen MR) is 127 cm³/mol. The molecule has 1 aliphatic rings. The molecule has 1 saturated heterocycles. The van der Waals surface area contributed by atoms with Crippen LogP contribution < -0.4 is 10.6 Å². The van der Waals surface area contributed by atoms with Gasteiger partial charge in [-0.15, -0.1) is 0 Å². The summed E-state index contributed by atoms with van der Waals surface area (Å²) in [4.78, 5) is 35.3. The SMILES string of the molecule is CC.CC.CC.O=C1NC(=O)/C(=C/c2cccc(C(=O)NCc3ccccc3)c2)S1. The molecule has 0 aliphatic carbocycles. The zero-order valence-electron chi connectivity index (χ0n) is 18.6. The van der Waals surface area contributed by atoms with Gasteiger partial charge in [-0.25, -0.2) is 0 Å². The first kappa shape index (κ1) is 27.1. The van der Waals surface area contributed by atoms with Gasteiger partial charge in [-0.2, -0.15) is 0 Å². The van der Waals surface area contributed by atoms with Crippen molar-refractivity contribution in [2.45, 2.75) is 48.1 Å². The molecule has 0 unspecified atom stereocenters. The largest absolute Gasteiger partial charge is 0.348 e. The van der Waals surface area contributed by atoms with Crippen molar-refractivity contribution in [3.8, 4) is 0 Å². The maximum atomic E-state index is 12.3. The van der Waals surface area contributed by atoms with Crippen LogP contribution in [0.4, 0.5) is 4.79 Å². The van der Waals surface area contributed by atoms with E-state index in [4.69, 9.17) is 0 Å². The van der Waals surface area contributed by atoms with Crippen molar-refractivity contribution < 1.29 is 14.4 Å². The Morgan fingerprint density at radius 1 is 0.933 bits per heavy atom. The fraction of sp³-hybridized carbons (Fsp3) is 0.292. The summed E-state index contributed by atoms with van der Waals surface area (Å²) in [6.45, 7) is 12.4. The first-order valence-electron chi connectivity index (χ1n) is 10.3. The molecule has 0 atom stereocenters. The molecule has 5 nitrogen and oxygen atoms in total. The van der Waals surface area contributed by atoms with E-state index in [0.29, 0.717) is 22.6 Å². The smallest absolute Gasteiger partial charge is 0.290 e. The van der Waals surface area contributed by atoms with E-state index >= 15 is 0 Å². The first-order chi connectivity index (χ1) is 14.6. The van der Waals surface area contributed by atoms with Crippen molar-refractivity contribution in [2.24, 2.45) is 0 Å². The Kier molecular flexibility index (Phi) is 14.5. The zero-order chi connectivity index (χ0) is 22.9. The molecule has 6 heteroatoms. The van der Waals surface area contributed by atoms with Crippen molar-refractivity contribution in [1.82, 2.24) is 10.6 Å². The maximum Gasteiger partial charge on any atom is 0.290 e. The lowest BCUT2D eigenvalue weighted by molar-refractivity contribution is -0.115. The number of rotatable bonds is 4. The van der Waals surface area contributed by atoms with Gasteiger partial charge >= 0.3 is 0 Å². The molecular weight excluding hydrogens is 396 g/mol. The van der Waals surface area contributed by atoms with Gasteiger partial charge in [0.1, 0.15) is 0 Å². The number of benzene rings is 2. The Morgan fingerprint density at radius 3 is 2.13 bits per heavy atom. The van der Waals surface area contributed by atoms with Crippen LogP contribution in [-0.4, -0.2) is 17.1 Å². The first-order valence-corrected chi connectivity index (χ1v) is 11.1. The monoisotopic (exact) mass is 428 g/mol. The van der Waals surface area contributed by atoms with Gasteiger partial charge in [0.2, 0.25) is 0 Å². The number of hydrogen-bond donors (Lipinski definition) is 2. The Bertz CT molecular complexity index is 833. The number of thioether (sulfide) groups is 1. The number of carbonyl (C=O) groups is 3. The van der Waals surface area contributed by atoms with Gasteiger partial charge in [-0.3, -0.25) is 19.7 Å². The summed E-state index contributed by atoms with van der Waals surface area (Å²) in [7, 11) is 0. The minimum atomic E-state index is -0.413. The molecule has 162 valence electrons. The van der Waals surface area contributed by atoms with Crippen LogP contribution in [0.1, 0.15) is 63.0 Å². The molecule has 2 N–H and O–H groups in total. The molecule has 3 amide bonds. The van der Waals surface area contributed by atoms with E-state index in [1.807, 2.05) is 71.9 Å². The number of nitrogens with one attached hydrogen (secondary N) is 2. The number of amides is 3. The topological polar surface area (TPSA) is 75.3 Å². The average Bonchev–Trinajstić information content (AvgIpc) is 3.13. The third-order valence-electron chi connectivity index (χ3n) is 3.38. The summed E-state index contributed by atoms with van der Waals surface area (Å²) in [5.41, 5.74) is 2.20. The summed E-state index contributed by atoms with van der Waals surface area (Å²) in [5, 5.41) is 4.67. The van der Waals surface area contributed by atoms with Crippen molar-refractivity contribution in [2.75, 3.05) is 0 Å². The second-order valence-electron chi connectivity index (χ2n) is 5.15. The maximum absolute atomic E-state index is 12.3. The molecular formula is C24H32N2O3S. The molecule has 1 heterocycles. The van der Waals surface area contributed by atoms with Crippen LogP contribution in [0.25, 0.3) is 6.08 Å². The molecule has 0 radical (unpaired) electrons. The highest BCUT2D eigenvalue weighted by Crippen LogP contribution is 2.25. The Morgan fingerprint density at radius 2 is 1.57 bits per heavy atom. The van der Waals surface area contributed by atoms with Gasteiger partial charge < -0.3 is 5.32 Å². The second-order valence-corrected chi connectivity index (χ2v) is 6.16. The predicted octanol–water partition coefficient (Wildman–Crippen LogP) is 6.02. The summed E-state index contributed by atoms with van der Waals surface area (Å²) in [5.74, 6) is -0.609. The van der Waals surface area contributed by atoms with Crippen molar-refractivity contribution in [1.29, 1.82) is 0 Å². The molecule has 2 aromatic carbocycles. The third kappa shape index (κ3) is 9.09. The quantitative estimate of drug-likeness (QED) is 0.584. The Labute approximate surface area is 184 Å². The van der Waals surface area contributed by atoms with E-state index < -0.39 is 5.91 Å². The highest BCUT2D eigenvalue weighted by Gasteiger charge is 2.24. The van der Waals surface area contributed by atoms with Gasteiger partial charge in [-0.05, 0) is 41.1 Å². The standard InChI is InChI=1S/C18H14N2O3S.3C2H6/c21-16(19-11-12-5-2-1-3-6-12)14-8-4-7-13(9-14)10-15-17(22)20-18(23)24-15;3*1-2/h1-10H,11H2,(H,19,21)(H,20,22,23);3*1-2H3/b15-10-;;;. The van der Waals surface area contributed by atoms with E-state index in [1.165, 1.54) is 0 Å². The van der Waals surface area contributed by atoms with Crippen molar-refractivity contribution in [3.63, 3.8) is 0 Å². The van der Waals surface area contributed by atoms with Crippen molar-refractivity contribution in [3.05, 3.63) is 76.2 Å². The van der Waals surface area contributed by atoms with E-state index in [2.05, 4.69) is 10.6 Å². The van der Waals surface area contributed by atoms with Gasteiger partial charge in [0, 0.05) is 12.1 Å². The van der Waals surface area contributed by atoms with Crippen LogP contribution in [0, 0.1) is 0 Å². The summed E-state index contributed by atoms with van der Waals surface area (Å²) in [6.07, 6.45) is 1.60. The van der Waals surface area contributed by atoms with Crippen LogP contribution in [0.5, 0.6) is 0 Å². The van der Waals surface area contributed by atoms with Crippen molar-refractivity contribution >= 4 is 34.9 Å². The molecule has 3 rings (SSSR count). The fourth-order valence-corrected chi connectivity index (χ4v) is 2.90. The van der Waals surface area contributed by atoms with Crippen LogP contribution in [-0.2, 0) is 11.3 Å². The van der Waals surface area contributed by atoms with Crippen LogP contribution >= 0.6 is 11.8 Å². The summed E-state index contributed by atoms with van der Waals surface area (Å²) < 4.78 is 0. The fourth-order valence-electron chi connectivity index (χ4n) is 2.22. The van der Waals surface area contributed by atoms with E-state index in [9.17, 15) is 14.4 Å². The molecule has 1 fully saturated rings. The molecule has 30 heavy (non-hydrogen) atoms. The van der Waals surface area contributed by atoms with Gasteiger partial charge in [0.05, 0.1) is 4.91 Å². The highest BCUT2D eigenvalue weighted by molar-refractivity contribution is 8.18. The highest BCUT2D eigenvalue weighted by atomic mass is 32.2. The average molecular weight is 429 g/mol.